The molecule has 0 bridgehead atoms. The molecule has 2 rings (SSSR count). The van der Waals surface area contributed by atoms with Crippen molar-refractivity contribution in [2.45, 2.75) is 57.3 Å². The van der Waals surface area contributed by atoms with Crippen molar-refractivity contribution in [1.82, 2.24) is 25.4 Å². The number of carbonyl (C=O) groups excluding carboxylic acids is 2. The van der Waals surface area contributed by atoms with Gasteiger partial charge >= 0.3 is 6.03 Å². The largest absolute Gasteiger partial charge is 0.486 e. The van der Waals surface area contributed by atoms with E-state index in [-0.39, 0.29) is 12.6 Å². The summed E-state index contributed by atoms with van der Waals surface area (Å²) in [5.41, 5.74) is 1.10. The van der Waals surface area contributed by atoms with Gasteiger partial charge in [0, 0.05) is 12.6 Å². The van der Waals surface area contributed by atoms with Crippen LogP contribution in [0.4, 0.5) is 4.79 Å². The highest BCUT2D eigenvalue weighted by Gasteiger charge is 2.21. The Morgan fingerprint density at radius 3 is 2.72 bits per heavy atom. The van der Waals surface area contributed by atoms with E-state index in [1.165, 1.54) is 11.8 Å². The van der Waals surface area contributed by atoms with Crippen LogP contribution >= 0.6 is 11.8 Å². The van der Waals surface area contributed by atoms with E-state index in [0.717, 1.165) is 11.3 Å². The molecule has 29 heavy (non-hydrogen) atoms. The van der Waals surface area contributed by atoms with Gasteiger partial charge in [0.2, 0.25) is 5.91 Å². The standard InChI is InChI=1S/C20H27N5O3S/c1-6-10-25-17(12-28-16-9-7-8-14(4)11-16)23-24-20(25)29-15(5)18(26)22-19(27)21-13(2)3/h6-9,11,13,15H,1,10,12H2,2-5H3,(H2,21,22,26,27)/t15-/m0/s1. The van der Waals surface area contributed by atoms with Gasteiger partial charge in [0.1, 0.15) is 12.4 Å². The molecule has 0 aliphatic heterocycles. The molecule has 0 saturated carbocycles. The number of hydrogen-bond acceptors (Lipinski definition) is 6. The fourth-order valence-corrected chi connectivity index (χ4v) is 3.28. The van der Waals surface area contributed by atoms with Crippen LogP contribution in [-0.4, -0.2) is 38.0 Å². The second-order valence-electron chi connectivity index (χ2n) is 6.78. The molecular formula is C20H27N5O3S. The van der Waals surface area contributed by atoms with Gasteiger partial charge in [-0.3, -0.25) is 14.7 Å². The van der Waals surface area contributed by atoms with Crippen LogP contribution in [-0.2, 0) is 17.9 Å². The van der Waals surface area contributed by atoms with Gasteiger partial charge in [-0.15, -0.1) is 16.8 Å². The van der Waals surface area contributed by atoms with Crippen molar-refractivity contribution in [2.24, 2.45) is 0 Å². The Morgan fingerprint density at radius 1 is 1.31 bits per heavy atom. The molecule has 0 saturated heterocycles. The van der Waals surface area contributed by atoms with E-state index in [1.807, 2.05) is 49.6 Å². The average Bonchev–Trinajstić information content (AvgIpc) is 3.01. The molecule has 1 atom stereocenters. The van der Waals surface area contributed by atoms with E-state index in [1.54, 1.807) is 13.0 Å². The number of rotatable bonds is 9. The number of amides is 3. The maximum absolute atomic E-state index is 12.3. The summed E-state index contributed by atoms with van der Waals surface area (Å²) < 4.78 is 7.65. The number of benzene rings is 1. The highest BCUT2D eigenvalue weighted by molar-refractivity contribution is 8.00. The van der Waals surface area contributed by atoms with Crippen LogP contribution in [0.3, 0.4) is 0 Å². The van der Waals surface area contributed by atoms with Gasteiger partial charge in [-0.05, 0) is 45.4 Å². The molecule has 0 spiro atoms. The molecule has 9 heteroatoms. The topological polar surface area (TPSA) is 98.1 Å². The summed E-state index contributed by atoms with van der Waals surface area (Å²) in [6.45, 7) is 11.8. The molecule has 3 amide bonds. The lowest BCUT2D eigenvalue weighted by Gasteiger charge is -2.14. The van der Waals surface area contributed by atoms with Crippen LogP contribution in [0.2, 0.25) is 0 Å². The molecule has 1 aromatic heterocycles. The molecule has 0 radical (unpaired) electrons. The van der Waals surface area contributed by atoms with Crippen LogP contribution in [0.1, 0.15) is 32.2 Å². The first-order chi connectivity index (χ1) is 13.8. The summed E-state index contributed by atoms with van der Waals surface area (Å²) in [6, 6.07) is 7.17. The Morgan fingerprint density at radius 2 is 2.07 bits per heavy atom. The van der Waals surface area contributed by atoms with Crippen molar-refractivity contribution in [2.75, 3.05) is 0 Å². The number of aryl methyl sites for hydroxylation is 1. The minimum atomic E-state index is -0.536. The van der Waals surface area contributed by atoms with Gasteiger partial charge in [-0.2, -0.15) is 0 Å². The highest BCUT2D eigenvalue weighted by atomic mass is 32.2. The fourth-order valence-electron chi connectivity index (χ4n) is 2.40. The minimum absolute atomic E-state index is 0.0580. The number of thioether (sulfide) groups is 1. The van der Waals surface area contributed by atoms with Crippen LogP contribution in [0.5, 0.6) is 5.75 Å². The van der Waals surface area contributed by atoms with Gasteiger partial charge in [0.25, 0.3) is 0 Å². The summed E-state index contributed by atoms with van der Waals surface area (Å²) in [7, 11) is 0. The fraction of sp³-hybridized carbons (Fsp3) is 0.400. The van der Waals surface area contributed by atoms with Crippen molar-refractivity contribution >= 4 is 23.7 Å². The van der Waals surface area contributed by atoms with Crippen molar-refractivity contribution in [1.29, 1.82) is 0 Å². The number of imide groups is 1. The molecule has 1 aromatic carbocycles. The number of carbonyl (C=O) groups is 2. The Labute approximate surface area is 175 Å². The average molecular weight is 418 g/mol. The normalized spacial score (nSPS) is 11.8. The van der Waals surface area contributed by atoms with Crippen LogP contribution in [0, 0.1) is 6.92 Å². The quantitative estimate of drug-likeness (QED) is 0.481. The van der Waals surface area contributed by atoms with Crippen molar-refractivity contribution in [3.63, 3.8) is 0 Å². The molecule has 0 aliphatic carbocycles. The molecule has 8 nitrogen and oxygen atoms in total. The number of aromatic nitrogens is 3. The van der Waals surface area contributed by atoms with Crippen LogP contribution in [0.15, 0.2) is 42.1 Å². The van der Waals surface area contributed by atoms with E-state index in [4.69, 9.17) is 4.74 Å². The number of allylic oxidation sites excluding steroid dienone is 1. The lowest BCUT2D eigenvalue weighted by atomic mass is 10.2. The first kappa shape index (κ1) is 22.5. The van der Waals surface area contributed by atoms with Crippen LogP contribution < -0.4 is 15.4 Å². The SMILES string of the molecule is C=CCn1c(COc2cccc(C)c2)nnc1S[C@@H](C)C(=O)NC(=O)NC(C)C. The molecule has 2 N–H and O–H groups in total. The molecule has 0 aliphatic rings. The molecule has 2 aromatic rings. The zero-order valence-corrected chi connectivity index (χ0v) is 18.0. The maximum Gasteiger partial charge on any atom is 0.321 e. The number of nitrogens with zero attached hydrogens (tertiary/aromatic N) is 3. The molecule has 0 fully saturated rings. The van der Waals surface area contributed by atoms with E-state index < -0.39 is 17.2 Å². The van der Waals surface area contributed by atoms with E-state index in [0.29, 0.717) is 17.5 Å². The lowest BCUT2D eigenvalue weighted by molar-refractivity contribution is -0.119. The predicted octanol–water partition coefficient (Wildman–Crippen LogP) is 3.07. The van der Waals surface area contributed by atoms with Gasteiger partial charge in [-0.1, -0.05) is 30.0 Å². The lowest BCUT2D eigenvalue weighted by Crippen LogP contribution is -2.45. The molecule has 0 unspecified atom stereocenters. The molecule has 156 valence electrons. The second-order valence-corrected chi connectivity index (χ2v) is 8.09. The first-order valence-electron chi connectivity index (χ1n) is 9.30. The molecular weight excluding hydrogens is 390 g/mol. The van der Waals surface area contributed by atoms with Gasteiger partial charge in [0.15, 0.2) is 11.0 Å². The smallest absolute Gasteiger partial charge is 0.321 e. The van der Waals surface area contributed by atoms with Crippen LogP contribution in [0.25, 0.3) is 0 Å². The number of hydrogen-bond donors (Lipinski definition) is 2. The third kappa shape index (κ3) is 6.94. The number of ether oxygens (including phenoxy) is 1. The maximum atomic E-state index is 12.3. The van der Waals surface area contributed by atoms with Crippen molar-refractivity contribution < 1.29 is 14.3 Å². The third-order valence-electron chi connectivity index (χ3n) is 3.77. The van der Waals surface area contributed by atoms with E-state index in [9.17, 15) is 9.59 Å². The molecule has 1 heterocycles. The zero-order chi connectivity index (χ0) is 21.4. The first-order valence-corrected chi connectivity index (χ1v) is 10.2. The van der Waals surface area contributed by atoms with Crippen molar-refractivity contribution in [3.8, 4) is 5.75 Å². The summed E-state index contributed by atoms with van der Waals surface area (Å²) in [4.78, 5) is 24.0. The van der Waals surface area contributed by atoms with E-state index in [2.05, 4.69) is 27.4 Å². The zero-order valence-electron chi connectivity index (χ0n) is 17.1. The Kier molecular flexibility index (Phi) is 8.26. The number of urea groups is 1. The Balaban J connectivity index is 2.04. The van der Waals surface area contributed by atoms with Gasteiger partial charge in [0.05, 0.1) is 5.25 Å². The minimum Gasteiger partial charge on any atom is -0.486 e. The monoisotopic (exact) mass is 417 g/mol. The van der Waals surface area contributed by atoms with E-state index >= 15 is 0 Å². The van der Waals surface area contributed by atoms with Gasteiger partial charge < -0.3 is 10.1 Å². The number of nitrogens with one attached hydrogen (secondary N) is 2. The predicted molar refractivity (Wildman–Crippen MR) is 113 cm³/mol. The Hall–Kier alpha value is -2.81. The summed E-state index contributed by atoms with van der Waals surface area (Å²) in [5.74, 6) is 0.967. The van der Waals surface area contributed by atoms with Crippen molar-refractivity contribution in [3.05, 3.63) is 48.3 Å². The van der Waals surface area contributed by atoms with Gasteiger partial charge in [-0.25, -0.2) is 4.79 Å². The third-order valence-corrected chi connectivity index (χ3v) is 4.85. The highest BCUT2D eigenvalue weighted by Crippen LogP contribution is 2.23. The summed E-state index contributed by atoms with van der Waals surface area (Å²) in [5, 5.41) is 13.3. The summed E-state index contributed by atoms with van der Waals surface area (Å²) in [6.07, 6.45) is 1.73. The second kappa shape index (κ2) is 10.7. The summed E-state index contributed by atoms with van der Waals surface area (Å²) >= 11 is 1.22. The Bertz CT molecular complexity index is 866.